The first-order chi connectivity index (χ1) is 13.3. The molecule has 0 aromatic heterocycles. The molecule has 1 amide bonds. The van der Waals surface area contributed by atoms with Gasteiger partial charge in [-0.1, -0.05) is 46.3 Å². The van der Waals surface area contributed by atoms with E-state index in [4.69, 9.17) is 0 Å². The first kappa shape index (κ1) is 20.1. The van der Waals surface area contributed by atoms with Crippen LogP contribution in [0.25, 0.3) is 0 Å². The highest BCUT2D eigenvalue weighted by Gasteiger charge is 2.15. The fourth-order valence-electron chi connectivity index (χ4n) is 2.62. The van der Waals surface area contributed by atoms with Crippen LogP contribution in [0.1, 0.15) is 28.9 Å². The van der Waals surface area contributed by atoms with E-state index in [1.807, 2.05) is 37.3 Å². The van der Waals surface area contributed by atoms with Gasteiger partial charge >= 0.3 is 0 Å². The van der Waals surface area contributed by atoms with Gasteiger partial charge in [-0.15, -0.1) is 0 Å². The zero-order valence-corrected chi connectivity index (χ0v) is 17.5. The Kier molecular flexibility index (Phi) is 6.16. The first-order valence-corrected chi connectivity index (χ1v) is 10.9. The van der Waals surface area contributed by atoms with Crippen molar-refractivity contribution in [2.24, 2.45) is 0 Å². The minimum atomic E-state index is -3.69. The van der Waals surface area contributed by atoms with Crippen molar-refractivity contribution < 1.29 is 13.2 Å². The average Bonchev–Trinajstić information content (AvgIpc) is 2.69. The Morgan fingerprint density at radius 3 is 2.11 bits per heavy atom. The molecule has 0 aliphatic heterocycles. The standard InChI is InChI=1S/C21H19BrN2O3S/c1-15(16-5-3-2-4-6-16)23-21(25)17-7-11-19(12-8-17)24-28(26,27)20-13-9-18(22)10-14-20/h2-15,24H,1H3,(H,23,25). The smallest absolute Gasteiger partial charge is 0.261 e. The van der Waals surface area contributed by atoms with Crippen LogP contribution in [-0.4, -0.2) is 14.3 Å². The Labute approximate surface area is 173 Å². The van der Waals surface area contributed by atoms with Gasteiger partial charge in [-0.3, -0.25) is 9.52 Å². The summed E-state index contributed by atoms with van der Waals surface area (Å²) in [7, 11) is -3.69. The van der Waals surface area contributed by atoms with Crippen LogP contribution in [-0.2, 0) is 10.0 Å². The topological polar surface area (TPSA) is 75.3 Å². The van der Waals surface area contributed by atoms with Crippen molar-refractivity contribution in [3.63, 3.8) is 0 Å². The molecule has 7 heteroatoms. The van der Waals surface area contributed by atoms with Crippen molar-refractivity contribution in [1.29, 1.82) is 0 Å². The van der Waals surface area contributed by atoms with E-state index in [0.717, 1.165) is 10.0 Å². The summed E-state index contributed by atoms with van der Waals surface area (Å²) in [4.78, 5) is 12.6. The molecular weight excluding hydrogens is 440 g/mol. The number of hydrogen-bond acceptors (Lipinski definition) is 3. The van der Waals surface area contributed by atoms with Crippen LogP contribution >= 0.6 is 15.9 Å². The third-order valence-electron chi connectivity index (χ3n) is 4.17. The van der Waals surface area contributed by atoms with E-state index >= 15 is 0 Å². The van der Waals surface area contributed by atoms with Crippen LogP contribution < -0.4 is 10.0 Å². The van der Waals surface area contributed by atoms with Gasteiger partial charge in [0.1, 0.15) is 0 Å². The molecule has 28 heavy (non-hydrogen) atoms. The number of rotatable bonds is 6. The lowest BCUT2D eigenvalue weighted by molar-refractivity contribution is 0.0940. The second-order valence-electron chi connectivity index (χ2n) is 6.24. The van der Waals surface area contributed by atoms with Gasteiger partial charge in [0.2, 0.25) is 0 Å². The van der Waals surface area contributed by atoms with E-state index in [-0.39, 0.29) is 16.8 Å². The molecule has 2 N–H and O–H groups in total. The van der Waals surface area contributed by atoms with Gasteiger partial charge in [0, 0.05) is 15.7 Å². The van der Waals surface area contributed by atoms with Gasteiger partial charge in [0.05, 0.1) is 10.9 Å². The van der Waals surface area contributed by atoms with Gasteiger partial charge in [0.25, 0.3) is 15.9 Å². The fraction of sp³-hybridized carbons (Fsp3) is 0.0952. The monoisotopic (exact) mass is 458 g/mol. The third kappa shape index (κ3) is 4.99. The molecule has 3 aromatic rings. The zero-order valence-electron chi connectivity index (χ0n) is 15.1. The molecule has 0 radical (unpaired) electrons. The van der Waals surface area contributed by atoms with Crippen LogP contribution in [0.2, 0.25) is 0 Å². The molecule has 1 atom stereocenters. The van der Waals surface area contributed by atoms with Gasteiger partial charge in [-0.25, -0.2) is 8.42 Å². The minimum absolute atomic E-state index is 0.135. The lowest BCUT2D eigenvalue weighted by atomic mass is 10.1. The van der Waals surface area contributed by atoms with Crippen LogP contribution in [0, 0.1) is 0 Å². The molecule has 0 heterocycles. The summed E-state index contributed by atoms with van der Waals surface area (Å²) in [6.45, 7) is 1.91. The quantitative estimate of drug-likeness (QED) is 0.559. The van der Waals surface area contributed by atoms with E-state index < -0.39 is 10.0 Å². The Morgan fingerprint density at radius 1 is 0.893 bits per heavy atom. The maximum atomic E-state index is 12.4. The molecule has 0 aliphatic carbocycles. The molecule has 5 nitrogen and oxygen atoms in total. The number of sulfonamides is 1. The Balaban J connectivity index is 1.67. The molecule has 3 rings (SSSR count). The number of anilines is 1. The summed E-state index contributed by atoms with van der Waals surface area (Å²) in [6.07, 6.45) is 0. The number of hydrogen-bond donors (Lipinski definition) is 2. The number of amides is 1. The molecule has 1 unspecified atom stereocenters. The van der Waals surface area contributed by atoms with Crippen LogP contribution in [0.5, 0.6) is 0 Å². The lowest BCUT2D eigenvalue weighted by Crippen LogP contribution is -2.26. The largest absolute Gasteiger partial charge is 0.346 e. The summed E-state index contributed by atoms with van der Waals surface area (Å²) in [5.41, 5.74) is 1.85. The summed E-state index contributed by atoms with van der Waals surface area (Å²) in [5.74, 6) is -0.223. The average molecular weight is 459 g/mol. The maximum absolute atomic E-state index is 12.4. The van der Waals surface area contributed by atoms with E-state index in [0.29, 0.717) is 11.3 Å². The van der Waals surface area contributed by atoms with Crippen molar-refractivity contribution in [2.45, 2.75) is 17.9 Å². The lowest BCUT2D eigenvalue weighted by Gasteiger charge is -2.14. The van der Waals surface area contributed by atoms with Crippen LogP contribution in [0.15, 0.2) is 88.2 Å². The highest BCUT2D eigenvalue weighted by molar-refractivity contribution is 9.10. The molecule has 0 aliphatic rings. The summed E-state index contributed by atoms with van der Waals surface area (Å²) in [6, 6.07) is 22.2. The second-order valence-corrected chi connectivity index (χ2v) is 8.84. The molecular formula is C21H19BrN2O3S. The fourth-order valence-corrected chi connectivity index (χ4v) is 3.95. The normalized spacial score (nSPS) is 12.2. The van der Waals surface area contributed by atoms with Gasteiger partial charge in [-0.2, -0.15) is 0 Å². The van der Waals surface area contributed by atoms with Crippen molar-refractivity contribution >= 4 is 37.5 Å². The van der Waals surface area contributed by atoms with Crippen molar-refractivity contribution in [3.05, 3.63) is 94.5 Å². The number of carbonyl (C=O) groups is 1. The highest BCUT2D eigenvalue weighted by Crippen LogP contribution is 2.19. The Bertz CT molecular complexity index is 1050. The Hall–Kier alpha value is -2.64. The van der Waals surface area contributed by atoms with Gasteiger partial charge in [0.15, 0.2) is 0 Å². The molecule has 144 valence electrons. The van der Waals surface area contributed by atoms with E-state index in [9.17, 15) is 13.2 Å². The van der Waals surface area contributed by atoms with Crippen molar-refractivity contribution in [1.82, 2.24) is 5.32 Å². The molecule has 3 aromatic carbocycles. The number of carbonyl (C=O) groups excluding carboxylic acids is 1. The second kappa shape index (κ2) is 8.58. The zero-order chi connectivity index (χ0) is 20.1. The minimum Gasteiger partial charge on any atom is -0.346 e. The highest BCUT2D eigenvalue weighted by atomic mass is 79.9. The number of nitrogens with one attached hydrogen (secondary N) is 2. The van der Waals surface area contributed by atoms with Crippen LogP contribution in [0.4, 0.5) is 5.69 Å². The van der Waals surface area contributed by atoms with E-state index in [1.165, 1.54) is 12.1 Å². The molecule has 0 saturated heterocycles. The molecule has 0 saturated carbocycles. The first-order valence-electron chi connectivity index (χ1n) is 8.59. The summed E-state index contributed by atoms with van der Waals surface area (Å²) < 4.78 is 28.2. The predicted molar refractivity (Wildman–Crippen MR) is 114 cm³/mol. The molecule has 0 bridgehead atoms. The summed E-state index contributed by atoms with van der Waals surface area (Å²) >= 11 is 3.28. The molecule has 0 spiro atoms. The molecule has 0 fully saturated rings. The van der Waals surface area contributed by atoms with E-state index in [2.05, 4.69) is 26.0 Å². The van der Waals surface area contributed by atoms with Gasteiger partial charge < -0.3 is 5.32 Å². The third-order valence-corrected chi connectivity index (χ3v) is 6.10. The number of benzene rings is 3. The van der Waals surface area contributed by atoms with Crippen LogP contribution in [0.3, 0.4) is 0 Å². The van der Waals surface area contributed by atoms with E-state index in [1.54, 1.807) is 36.4 Å². The van der Waals surface area contributed by atoms with Crippen molar-refractivity contribution in [2.75, 3.05) is 4.72 Å². The van der Waals surface area contributed by atoms with Gasteiger partial charge in [-0.05, 0) is 61.0 Å². The Morgan fingerprint density at radius 2 is 1.50 bits per heavy atom. The SMILES string of the molecule is CC(NC(=O)c1ccc(NS(=O)(=O)c2ccc(Br)cc2)cc1)c1ccccc1. The maximum Gasteiger partial charge on any atom is 0.261 e. The van der Waals surface area contributed by atoms with Crippen molar-refractivity contribution in [3.8, 4) is 0 Å². The predicted octanol–water partition coefficient (Wildman–Crippen LogP) is 4.74. The number of halogens is 1. The summed E-state index contributed by atoms with van der Waals surface area (Å²) in [5, 5.41) is 2.93.